The summed E-state index contributed by atoms with van der Waals surface area (Å²) in [5.41, 5.74) is 0.327. The summed E-state index contributed by atoms with van der Waals surface area (Å²) >= 11 is 5.78. The SMILES string of the molecule is CCCC(C)COC(=O)c1cccnc1Cl. The summed E-state index contributed by atoms with van der Waals surface area (Å²) in [5.74, 6) is -0.0227. The van der Waals surface area contributed by atoms with Gasteiger partial charge in [-0.3, -0.25) is 0 Å². The number of esters is 1. The van der Waals surface area contributed by atoms with Gasteiger partial charge in [0.15, 0.2) is 0 Å². The third kappa shape index (κ3) is 3.81. The molecule has 0 N–H and O–H groups in total. The van der Waals surface area contributed by atoms with Crippen LogP contribution in [-0.4, -0.2) is 17.6 Å². The van der Waals surface area contributed by atoms with Crippen molar-refractivity contribution in [2.24, 2.45) is 5.92 Å². The van der Waals surface area contributed by atoms with Crippen molar-refractivity contribution in [3.05, 3.63) is 29.0 Å². The molecule has 88 valence electrons. The Balaban J connectivity index is 2.50. The Hall–Kier alpha value is -1.09. The molecule has 0 aliphatic rings. The monoisotopic (exact) mass is 241 g/mol. The minimum atomic E-state index is -0.402. The van der Waals surface area contributed by atoms with E-state index in [4.69, 9.17) is 16.3 Å². The first-order valence-corrected chi connectivity index (χ1v) is 5.80. The molecule has 0 amide bonds. The molecule has 4 heteroatoms. The Kier molecular flexibility index (Phi) is 5.26. The number of hydrogen-bond donors (Lipinski definition) is 0. The summed E-state index contributed by atoms with van der Waals surface area (Å²) in [6.45, 7) is 4.59. The van der Waals surface area contributed by atoms with Gasteiger partial charge in [-0.2, -0.15) is 0 Å². The summed E-state index contributed by atoms with van der Waals surface area (Å²) in [4.78, 5) is 15.5. The van der Waals surface area contributed by atoms with Gasteiger partial charge in [-0.05, 0) is 24.5 Å². The number of rotatable bonds is 5. The van der Waals surface area contributed by atoms with Crippen molar-refractivity contribution < 1.29 is 9.53 Å². The first kappa shape index (κ1) is 13.0. The molecule has 1 aromatic heterocycles. The van der Waals surface area contributed by atoms with Crippen LogP contribution in [0, 0.1) is 5.92 Å². The van der Waals surface area contributed by atoms with E-state index in [1.807, 2.05) is 0 Å². The Bertz CT molecular complexity index is 355. The van der Waals surface area contributed by atoms with Gasteiger partial charge in [0.2, 0.25) is 0 Å². The standard InChI is InChI=1S/C12H16ClNO2/c1-3-5-9(2)8-16-12(15)10-6-4-7-14-11(10)13/h4,6-7,9H,3,5,8H2,1-2H3. The van der Waals surface area contributed by atoms with Crippen LogP contribution in [0.25, 0.3) is 0 Å². The summed E-state index contributed by atoms with van der Waals surface area (Å²) in [6, 6.07) is 3.28. The van der Waals surface area contributed by atoms with E-state index in [2.05, 4.69) is 18.8 Å². The zero-order valence-electron chi connectivity index (χ0n) is 9.57. The molecule has 0 spiro atoms. The highest BCUT2D eigenvalue weighted by Gasteiger charge is 2.13. The summed E-state index contributed by atoms with van der Waals surface area (Å²) in [6.07, 6.45) is 3.68. The van der Waals surface area contributed by atoms with Crippen molar-refractivity contribution >= 4 is 17.6 Å². The Morgan fingerprint density at radius 2 is 2.38 bits per heavy atom. The molecule has 0 aliphatic carbocycles. The van der Waals surface area contributed by atoms with Gasteiger partial charge in [-0.1, -0.05) is 31.9 Å². The van der Waals surface area contributed by atoms with E-state index in [1.54, 1.807) is 18.3 Å². The molecule has 0 fully saturated rings. The summed E-state index contributed by atoms with van der Waals surface area (Å²) in [5, 5.41) is 0.190. The van der Waals surface area contributed by atoms with Gasteiger partial charge in [0, 0.05) is 6.20 Å². The molecular weight excluding hydrogens is 226 g/mol. The maximum Gasteiger partial charge on any atom is 0.341 e. The lowest BCUT2D eigenvalue weighted by molar-refractivity contribution is 0.0443. The summed E-state index contributed by atoms with van der Waals surface area (Å²) in [7, 11) is 0. The van der Waals surface area contributed by atoms with Gasteiger partial charge < -0.3 is 4.74 Å². The van der Waals surface area contributed by atoms with Crippen LogP contribution >= 0.6 is 11.6 Å². The highest BCUT2D eigenvalue weighted by Crippen LogP contribution is 2.14. The van der Waals surface area contributed by atoms with E-state index in [0.717, 1.165) is 12.8 Å². The lowest BCUT2D eigenvalue weighted by Gasteiger charge is -2.10. The number of hydrogen-bond acceptors (Lipinski definition) is 3. The third-order valence-corrected chi connectivity index (χ3v) is 2.56. The van der Waals surface area contributed by atoms with Crippen LogP contribution in [0.15, 0.2) is 18.3 Å². The fourth-order valence-electron chi connectivity index (χ4n) is 1.41. The van der Waals surface area contributed by atoms with Crippen LogP contribution in [0.5, 0.6) is 0 Å². The van der Waals surface area contributed by atoms with Crippen LogP contribution in [0.2, 0.25) is 5.15 Å². The zero-order valence-corrected chi connectivity index (χ0v) is 10.3. The quantitative estimate of drug-likeness (QED) is 0.586. The van der Waals surface area contributed by atoms with Crippen LogP contribution in [0.3, 0.4) is 0 Å². The highest BCUT2D eigenvalue weighted by atomic mass is 35.5. The molecule has 1 heterocycles. The minimum absolute atomic E-state index is 0.190. The first-order chi connectivity index (χ1) is 7.65. The van der Waals surface area contributed by atoms with Gasteiger partial charge in [0.1, 0.15) is 5.15 Å². The number of carbonyl (C=O) groups excluding carboxylic acids is 1. The topological polar surface area (TPSA) is 39.2 Å². The Labute approximate surface area is 101 Å². The van der Waals surface area contributed by atoms with Crippen molar-refractivity contribution in [1.82, 2.24) is 4.98 Å². The largest absolute Gasteiger partial charge is 0.462 e. The zero-order chi connectivity index (χ0) is 12.0. The normalized spacial score (nSPS) is 12.2. The molecule has 0 saturated heterocycles. The molecule has 0 aliphatic heterocycles. The number of nitrogens with zero attached hydrogens (tertiary/aromatic N) is 1. The second kappa shape index (κ2) is 6.48. The predicted octanol–water partition coefficient (Wildman–Crippen LogP) is 3.33. The van der Waals surface area contributed by atoms with E-state index in [1.165, 1.54) is 0 Å². The average Bonchev–Trinajstić information content (AvgIpc) is 2.27. The molecule has 0 saturated carbocycles. The maximum absolute atomic E-state index is 11.6. The molecule has 0 aromatic carbocycles. The van der Waals surface area contributed by atoms with Crippen molar-refractivity contribution in [1.29, 1.82) is 0 Å². The lowest BCUT2D eigenvalue weighted by Crippen LogP contribution is -2.12. The number of ether oxygens (including phenoxy) is 1. The van der Waals surface area contributed by atoms with E-state index in [0.29, 0.717) is 18.1 Å². The van der Waals surface area contributed by atoms with E-state index >= 15 is 0 Å². The number of pyridine rings is 1. The van der Waals surface area contributed by atoms with Gasteiger partial charge in [-0.15, -0.1) is 0 Å². The van der Waals surface area contributed by atoms with Crippen molar-refractivity contribution in [2.45, 2.75) is 26.7 Å². The molecule has 1 atom stereocenters. The second-order valence-electron chi connectivity index (χ2n) is 3.83. The molecule has 0 bridgehead atoms. The summed E-state index contributed by atoms with van der Waals surface area (Å²) < 4.78 is 5.16. The first-order valence-electron chi connectivity index (χ1n) is 5.42. The molecule has 1 unspecified atom stereocenters. The Morgan fingerprint density at radius 1 is 1.62 bits per heavy atom. The predicted molar refractivity (Wildman–Crippen MR) is 63.6 cm³/mol. The lowest BCUT2D eigenvalue weighted by atomic mass is 10.1. The van der Waals surface area contributed by atoms with Gasteiger partial charge in [0.25, 0.3) is 0 Å². The van der Waals surface area contributed by atoms with Crippen LogP contribution < -0.4 is 0 Å². The third-order valence-electron chi connectivity index (χ3n) is 2.26. The highest BCUT2D eigenvalue weighted by molar-refractivity contribution is 6.32. The van der Waals surface area contributed by atoms with Gasteiger partial charge >= 0.3 is 5.97 Å². The number of halogens is 1. The molecule has 3 nitrogen and oxygen atoms in total. The van der Waals surface area contributed by atoms with Crippen molar-refractivity contribution in [3.63, 3.8) is 0 Å². The van der Waals surface area contributed by atoms with E-state index in [-0.39, 0.29) is 5.15 Å². The second-order valence-corrected chi connectivity index (χ2v) is 4.19. The molecular formula is C12H16ClNO2. The van der Waals surface area contributed by atoms with Crippen LogP contribution in [0.4, 0.5) is 0 Å². The van der Waals surface area contributed by atoms with E-state index < -0.39 is 5.97 Å². The average molecular weight is 242 g/mol. The maximum atomic E-state index is 11.6. The van der Waals surface area contributed by atoms with Gasteiger partial charge in [-0.25, -0.2) is 9.78 Å². The fourth-order valence-corrected chi connectivity index (χ4v) is 1.61. The number of aromatic nitrogens is 1. The van der Waals surface area contributed by atoms with Crippen molar-refractivity contribution in [3.8, 4) is 0 Å². The minimum Gasteiger partial charge on any atom is -0.462 e. The Morgan fingerprint density at radius 3 is 3.00 bits per heavy atom. The molecule has 1 aromatic rings. The van der Waals surface area contributed by atoms with Crippen LogP contribution in [-0.2, 0) is 4.74 Å². The van der Waals surface area contributed by atoms with Gasteiger partial charge in [0.05, 0.1) is 12.2 Å². The fraction of sp³-hybridized carbons (Fsp3) is 0.500. The molecule has 16 heavy (non-hydrogen) atoms. The van der Waals surface area contributed by atoms with Crippen LogP contribution in [0.1, 0.15) is 37.0 Å². The molecule has 1 rings (SSSR count). The molecule has 0 radical (unpaired) electrons. The smallest absolute Gasteiger partial charge is 0.341 e. The number of carbonyl (C=O) groups is 1. The van der Waals surface area contributed by atoms with Crippen molar-refractivity contribution in [2.75, 3.05) is 6.61 Å². The van der Waals surface area contributed by atoms with E-state index in [9.17, 15) is 4.79 Å².